The molecule has 0 bridgehead atoms. The van der Waals surface area contributed by atoms with E-state index >= 15 is 0 Å². The molecule has 0 unspecified atom stereocenters. The highest BCUT2D eigenvalue weighted by atomic mass is 35.5. The van der Waals surface area contributed by atoms with Crippen molar-refractivity contribution in [3.8, 4) is 5.00 Å². The van der Waals surface area contributed by atoms with Gasteiger partial charge in [-0.3, -0.25) is 0 Å². The molecular formula is C23H24ClN3OS. The number of anilines is 1. The van der Waals surface area contributed by atoms with Crippen LogP contribution in [0, 0.1) is 6.92 Å². The van der Waals surface area contributed by atoms with Crippen LogP contribution in [0.4, 0.5) is 10.5 Å². The van der Waals surface area contributed by atoms with Crippen LogP contribution >= 0.6 is 22.9 Å². The van der Waals surface area contributed by atoms with Crippen LogP contribution < -0.4 is 5.32 Å². The van der Waals surface area contributed by atoms with Gasteiger partial charge < -0.3 is 14.8 Å². The number of aromatic nitrogens is 1. The maximum atomic E-state index is 13.4. The molecule has 3 heterocycles. The van der Waals surface area contributed by atoms with Crippen molar-refractivity contribution < 1.29 is 4.79 Å². The van der Waals surface area contributed by atoms with E-state index in [4.69, 9.17) is 11.6 Å². The lowest BCUT2D eigenvalue weighted by Gasteiger charge is -2.28. The summed E-state index contributed by atoms with van der Waals surface area (Å²) in [6.45, 7) is 4.73. The van der Waals surface area contributed by atoms with Gasteiger partial charge in [0.15, 0.2) is 0 Å². The average molecular weight is 426 g/mol. The van der Waals surface area contributed by atoms with E-state index in [1.807, 2.05) is 41.4 Å². The first kappa shape index (κ1) is 18.8. The first-order valence-electron chi connectivity index (χ1n) is 10.2. The van der Waals surface area contributed by atoms with E-state index in [0.717, 1.165) is 29.8 Å². The van der Waals surface area contributed by atoms with E-state index in [1.54, 1.807) is 0 Å². The molecule has 0 saturated carbocycles. The number of hydrogen-bond donors (Lipinski definition) is 1. The number of amides is 2. The van der Waals surface area contributed by atoms with Gasteiger partial charge in [0.25, 0.3) is 0 Å². The predicted octanol–water partition coefficient (Wildman–Crippen LogP) is 6.49. The van der Waals surface area contributed by atoms with Crippen LogP contribution in [0.3, 0.4) is 0 Å². The molecule has 0 saturated heterocycles. The Morgan fingerprint density at radius 3 is 2.90 bits per heavy atom. The van der Waals surface area contributed by atoms with Gasteiger partial charge in [0.05, 0.1) is 12.6 Å². The molecule has 4 nitrogen and oxygen atoms in total. The number of hydrogen-bond acceptors (Lipinski definition) is 2. The van der Waals surface area contributed by atoms with Crippen molar-refractivity contribution in [1.82, 2.24) is 9.47 Å². The van der Waals surface area contributed by atoms with E-state index in [0.29, 0.717) is 11.6 Å². The summed E-state index contributed by atoms with van der Waals surface area (Å²) in [5.41, 5.74) is 5.72. The smallest absolute Gasteiger partial charge is 0.312 e. The van der Waals surface area contributed by atoms with E-state index in [1.165, 1.54) is 33.8 Å². The van der Waals surface area contributed by atoms with Crippen LogP contribution in [0.5, 0.6) is 0 Å². The fraction of sp³-hybridized carbons (Fsp3) is 0.348. The molecule has 1 atom stereocenters. The van der Waals surface area contributed by atoms with Crippen molar-refractivity contribution >= 4 is 34.7 Å². The number of thiophene rings is 1. The SMILES string of the molecule is Cc1ccc(Cl)cc1NC(=O)N1Cc2c(sc3c2CCCC3)-n2cccc2[C@H]1C. The van der Waals surface area contributed by atoms with Gasteiger partial charge in [-0.2, -0.15) is 0 Å². The Morgan fingerprint density at radius 1 is 1.21 bits per heavy atom. The molecule has 1 aliphatic heterocycles. The van der Waals surface area contributed by atoms with Gasteiger partial charge in [-0.25, -0.2) is 4.79 Å². The molecule has 2 amide bonds. The molecule has 2 aromatic heterocycles. The molecule has 150 valence electrons. The summed E-state index contributed by atoms with van der Waals surface area (Å²) >= 11 is 8.07. The largest absolute Gasteiger partial charge is 0.322 e. The summed E-state index contributed by atoms with van der Waals surface area (Å²) in [5, 5.41) is 5.01. The Morgan fingerprint density at radius 2 is 2.03 bits per heavy atom. The van der Waals surface area contributed by atoms with E-state index in [-0.39, 0.29) is 12.1 Å². The number of rotatable bonds is 1. The number of aryl methyl sites for hydroxylation is 2. The standard InChI is InChI=1S/C23H24ClN3OS/c1-14-9-10-16(24)12-19(14)25-23(28)27-13-18-17-6-3-4-8-21(17)29-22(18)26-11-5-7-20(26)15(27)2/h5,7,9-12,15H,3-4,6,8,13H2,1-2H3,(H,25,28)/t15-/m1/s1. The van der Waals surface area contributed by atoms with Crippen molar-refractivity contribution in [1.29, 1.82) is 0 Å². The second kappa shape index (κ2) is 7.22. The third-order valence-corrected chi connectivity index (χ3v) is 7.75. The Labute approximate surface area is 180 Å². The summed E-state index contributed by atoms with van der Waals surface area (Å²) < 4.78 is 2.29. The van der Waals surface area contributed by atoms with Crippen LogP contribution in [-0.4, -0.2) is 15.5 Å². The number of benzene rings is 1. The molecule has 0 fully saturated rings. The highest BCUT2D eigenvalue weighted by molar-refractivity contribution is 7.15. The summed E-state index contributed by atoms with van der Waals surface area (Å²) in [7, 11) is 0. The van der Waals surface area contributed by atoms with Gasteiger partial charge in [0.1, 0.15) is 5.00 Å². The van der Waals surface area contributed by atoms with Crippen molar-refractivity contribution in [3.63, 3.8) is 0 Å². The highest BCUT2D eigenvalue weighted by Gasteiger charge is 2.33. The maximum Gasteiger partial charge on any atom is 0.322 e. The fourth-order valence-electron chi connectivity index (χ4n) is 4.52. The van der Waals surface area contributed by atoms with Crippen LogP contribution in [0.15, 0.2) is 36.5 Å². The second-order valence-electron chi connectivity index (χ2n) is 7.99. The van der Waals surface area contributed by atoms with Crippen molar-refractivity contribution in [2.45, 2.75) is 52.1 Å². The van der Waals surface area contributed by atoms with Gasteiger partial charge in [-0.15, -0.1) is 11.3 Å². The molecular weight excluding hydrogens is 402 g/mol. The van der Waals surface area contributed by atoms with E-state index < -0.39 is 0 Å². The Hall–Kier alpha value is -2.24. The molecule has 2 aliphatic rings. The van der Waals surface area contributed by atoms with Crippen molar-refractivity contribution in [3.05, 3.63) is 68.8 Å². The van der Waals surface area contributed by atoms with Crippen LogP contribution in [0.2, 0.25) is 5.02 Å². The maximum absolute atomic E-state index is 13.4. The molecule has 1 aliphatic carbocycles. The van der Waals surface area contributed by atoms with E-state index in [2.05, 4.69) is 35.1 Å². The molecule has 5 rings (SSSR count). The minimum Gasteiger partial charge on any atom is -0.312 e. The zero-order valence-electron chi connectivity index (χ0n) is 16.7. The zero-order valence-corrected chi connectivity index (χ0v) is 18.2. The second-order valence-corrected chi connectivity index (χ2v) is 9.51. The summed E-state index contributed by atoms with van der Waals surface area (Å²) in [6, 6.07) is 9.70. The lowest BCUT2D eigenvalue weighted by Crippen LogP contribution is -2.36. The zero-order chi connectivity index (χ0) is 20.1. The molecule has 3 aromatic rings. The molecule has 6 heteroatoms. The molecule has 0 radical (unpaired) electrons. The van der Waals surface area contributed by atoms with Crippen LogP contribution in [0.1, 0.15) is 53.1 Å². The number of halogens is 1. The van der Waals surface area contributed by atoms with Crippen LogP contribution in [-0.2, 0) is 19.4 Å². The minimum atomic E-state index is -0.0840. The number of nitrogens with one attached hydrogen (secondary N) is 1. The van der Waals surface area contributed by atoms with Crippen molar-refractivity contribution in [2.24, 2.45) is 0 Å². The average Bonchev–Trinajstić information content (AvgIpc) is 3.30. The first-order chi connectivity index (χ1) is 14.0. The number of carbonyl (C=O) groups excluding carboxylic acids is 1. The van der Waals surface area contributed by atoms with Gasteiger partial charge in [0.2, 0.25) is 0 Å². The van der Waals surface area contributed by atoms with Gasteiger partial charge in [-0.1, -0.05) is 17.7 Å². The fourth-order valence-corrected chi connectivity index (χ4v) is 6.10. The van der Waals surface area contributed by atoms with Gasteiger partial charge >= 0.3 is 6.03 Å². The number of nitrogens with zero attached hydrogens (tertiary/aromatic N) is 2. The quantitative estimate of drug-likeness (QED) is 0.475. The van der Waals surface area contributed by atoms with Crippen LogP contribution in [0.25, 0.3) is 5.00 Å². The third kappa shape index (κ3) is 3.17. The molecule has 1 aromatic carbocycles. The number of carbonyl (C=O) groups is 1. The predicted molar refractivity (Wildman–Crippen MR) is 119 cm³/mol. The summed E-state index contributed by atoms with van der Waals surface area (Å²) in [4.78, 5) is 16.9. The highest BCUT2D eigenvalue weighted by Crippen LogP contribution is 2.42. The lowest BCUT2D eigenvalue weighted by molar-refractivity contribution is 0.189. The van der Waals surface area contributed by atoms with Crippen molar-refractivity contribution in [2.75, 3.05) is 5.32 Å². The lowest BCUT2D eigenvalue weighted by atomic mass is 9.95. The number of urea groups is 1. The topological polar surface area (TPSA) is 37.3 Å². The molecule has 0 spiro atoms. The Balaban J connectivity index is 1.55. The Bertz CT molecular complexity index is 1100. The third-order valence-electron chi connectivity index (χ3n) is 6.18. The van der Waals surface area contributed by atoms with E-state index in [9.17, 15) is 4.79 Å². The molecule has 1 N–H and O–H groups in total. The van der Waals surface area contributed by atoms with Gasteiger partial charge in [-0.05, 0) is 74.9 Å². The monoisotopic (exact) mass is 425 g/mol. The summed E-state index contributed by atoms with van der Waals surface area (Å²) in [5.74, 6) is 0. The minimum absolute atomic E-state index is 0.0247. The first-order valence-corrected chi connectivity index (χ1v) is 11.4. The normalized spacial score (nSPS) is 17.9. The van der Waals surface area contributed by atoms with Gasteiger partial charge in [0, 0.05) is 33.0 Å². The Kier molecular flexibility index (Phi) is 4.67. The summed E-state index contributed by atoms with van der Waals surface area (Å²) in [6.07, 6.45) is 6.91. The molecule has 29 heavy (non-hydrogen) atoms. The number of fused-ring (bicyclic) bond motifs is 5.